The highest BCUT2D eigenvalue weighted by molar-refractivity contribution is 6.34. The molecular formula is C23H26ClF3N2O. The van der Waals surface area contributed by atoms with E-state index in [0.717, 1.165) is 43.9 Å². The third-order valence-electron chi connectivity index (χ3n) is 6.13. The molecule has 1 aliphatic rings. The molecule has 162 valence electrons. The molecule has 0 bridgehead atoms. The fourth-order valence-corrected chi connectivity index (χ4v) is 4.52. The Labute approximate surface area is 180 Å². The van der Waals surface area contributed by atoms with Gasteiger partial charge in [0.05, 0.1) is 22.2 Å². The van der Waals surface area contributed by atoms with Crippen LogP contribution in [0, 0.1) is 0 Å². The zero-order valence-electron chi connectivity index (χ0n) is 17.1. The van der Waals surface area contributed by atoms with Crippen molar-refractivity contribution in [1.29, 1.82) is 0 Å². The summed E-state index contributed by atoms with van der Waals surface area (Å²) in [5.41, 5.74) is -0.662. The van der Waals surface area contributed by atoms with Gasteiger partial charge in [-0.1, -0.05) is 60.8 Å². The highest BCUT2D eigenvalue weighted by Crippen LogP contribution is 2.39. The van der Waals surface area contributed by atoms with Gasteiger partial charge in [0, 0.05) is 5.54 Å². The molecule has 1 aliphatic heterocycles. The first-order chi connectivity index (χ1) is 14.1. The van der Waals surface area contributed by atoms with Crippen LogP contribution in [0.2, 0.25) is 5.02 Å². The molecular weight excluding hydrogens is 413 g/mol. The largest absolute Gasteiger partial charge is 0.417 e. The Balaban J connectivity index is 2.00. The Bertz CT molecular complexity index is 888. The van der Waals surface area contributed by atoms with Crippen molar-refractivity contribution < 1.29 is 18.0 Å². The van der Waals surface area contributed by atoms with Gasteiger partial charge in [0.1, 0.15) is 0 Å². The van der Waals surface area contributed by atoms with E-state index in [4.69, 9.17) is 11.6 Å². The van der Waals surface area contributed by atoms with Gasteiger partial charge in [-0.2, -0.15) is 13.2 Å². The summed E-state index contributed by atoms with van der Waals surface area (Å²) in [4.78, 5) is 15.4. The third-order valence-corrected chi connectivity index (χ3v) is 6.53. The van der Waals surface area contributed by atoms with Crippen LogP contribution in [-0.2, 0) is 6.18 Å². The van der Waals surface area contributed by atoms with Gasteiger partial charge in [-0.05, 0) is 51.1 Å². The van der Waals surface area contributed by atoms with Crippen molar-refractivity contribution in [1.82, 2.24) is 10.2 Å². The molecule has 2 aromatic rings. The number of benzene rings is 2. The van der Waals surface area contributed by atoms with E-state index in [1.807, 2.05) is 37.4 Å². The lowest BCUT2D eigenvalue weighted by atomic mass is 9.82. The molecule has 1 N–H and O–H groups in total. The molecule has 0 unspecified atom stereocenters. The standard InChI is InChI=1S/C23H26ClF3N2O/c1-22(14-7-4-8-15-29(22)2)20(16-10-5-3-6-11-16)28-21(30)17-12-9-13-18(19(17)24)23(25,26)27/h3,5-6,9-13,20H,4,7-8,14-15H2,1-2H3,(H,28,30)/t20-,22-/m1/s1. The van der Waals surface area contributed by atoms with Gasteiger partial charge in [-0.3, -0.25) is 9.69 Å². The van der Waals surface area contributed by atoms with Crippen molar-refractivity contribution in [3.05, 3.63) is 70.2 Å². The number of alkyl halides is 3. The molecule has 0 radical (unpaired) electrons. The van der Waals surface area contributed by atoms with E-state index in [9.17, 15) is 18.0 Å². The lowest BCUT2D eigenvalue weighted by molar-refractivity contribution is -0.137. The van der Waals surface area contributed by atoms with Crippen LogP contribution in [0.5, 0.6) is 0 Å². The molecule has 30 heavy (non-hydrogen) atoms. The van der Waals surface area contributed by atoms with E-state index >= 15 is 0 Å². The van der Waals surface area contributed by atoms with Crippen molar-refractivity contribution in [3.8, 4) is 0 Å². The summed E-state index contributed by atoms with van der Waals surface area (Å²) in [6.07, 6.45) is -0.570. The monoisotopic (exact) mass is 438 g/mol. The van der Waals surface area contributed by atoms with E-state index in [1.165, 1.54) is 12.1 Å². The van der Waals surface area contributed by atoms with E-state index in [1.54, 1.807) is 0 Å². The van der Waals surface area contributed by atoms with Crippen molar-refractivity contribution in [3.63, 3.8) is 0 Å². The number of hydrogen-bond acceptors (Lipinski definition) is 2. The van der Waals surface area contributed by atoms with Crippen LogP contribution in [0.4, 0.5) is 13.2 Å². The average molecular weight is 439 g/mol. The number of carbonyl (C=O) groups is 1. The Hall–Kier alpha value is -2.05. The summed E-state index contributed by atoms with van der Waals surface area (Å²) < 4.78 is 39.7. The van der Waals surface area contributed by atoms with Gasteiger partial charge >= 0.3 is 6.18 Å². The maximum absolute atomic E-state index is 13.2. The molecule has 0 saturated carbocycles. The molecule has 3 rings (SSSR count). The Morgan fingerprint density at radius 2 is 1.80 bits per heavy atom. The molecule has 1 fully saturated rings. The van der Waals surface area contributed by atoms with Crippen molar-refractivity contribution >= 4 is 17.5 Å². The van der Waals surface area contributed by atoms with Crippen molar-refractivity contribution in [2.75, 3.05) is 13.6 Å². The minimum absolute atomic E-state index is 0.174. The van der Waals surface area contributed by atoms with Gasteiger partial charge in [0.25, 0.3) is 5.91 Å². The van der Waals surface area contributed by atoms with E-state index in [-0.39, 0.29) is 11.1 Å². The highest BCUT2D eigenvalue weighted by Gasteiger charge is 2.41. The summed E-state index contributed by atoms with van der Waals surface area (Å²) in [6.45, 7) is 2.99. The van der Waals surface area contributed by atoms with Gasteiger partial charge < -0.3 is 5.32 Å². The lowest BCUT2D eigenvalue weighted by Gasteiger charge is -2.44. The van der Waals surface area contributed by atoms with E-state index in [0.29, 0.717) is 0 Å². The Morgan fingerprint density at radius 3 is 2.47 bits per heavy atom. The number of likely N-dealkylation sites (N-methyl/N-ethyl adjacent to an activating group) is 1. The maximum Gasteiger partial charge on any atom is 0.417 e. The summed E-state index contributed by atoms with van der Waals surface area (Å²) >= 11 is 6.00. The summed E-state index contributed by atoms with van der Waals surface area (Å²) in [5, 5.41) is 2.43. The minimum atomic E-state index is -4.63. The average Bonchev–Trinajstić information content (AvgIpc) is 2.87. The Morgan fingerprint density at radius 1 is 1.10 bits per heavy atom. The normalized spacial score (nSPS) is 21.7. The molecule has 1 saturated heterocycles. The van der Waals surface area contributed by atoms with Crippen LogP contribution < -0.4 is 5.32 Å². The predicted octanol–water partition coefficient (Wildman–Crippen LogP) is 6.09. The zero-order valence-corrected chi connectivity index (χ0v) is 17.9. The second-order valence-electron chi connectivity index (χ2n) is 8.07. The van der Waals surface area contributed by atoms with E-state index < -0.39 is 28.7 Å². The SMILES string of the molecule is CN1CCCCC[C@]1(C)[C@H](NC(=O)c1cccc(C(F)(F)F)c1Cl)c1ccccc1. The van der Waals surface area contributed by atoms with Gasteiger partial charge in [-0.15, -0.1) is 0 Å². The number of halogens is 4. The molecule has 0 aliphatic carbocycles. The van der Waals surface area contributed by atoms with E-state index in [2.05, 4.69) is 17.1 Å². The first kappa shape index (κ1) is 22.6. The predicted molar refractivity (Wildman–Crippen MR) is 113 cm³/mol. The maximum atomic E-state index is 13.2. The molecule has 1 amide bonds. The molecule has 2 atom stereocenters. The summed E-state index contributed by atoms with van der Waals surface area (Å²) in [7, 11) is 2.03. The highest BCUT2D eigenvalue weighted by atomic mass is 35.5. The fraction of sp³-hybridized carbons (Fsp3) is 0.435. The van der Waals surface area contributed by atoms with Crippen LogP contribution in [0.1, 0.15) is 60.1 Å². The van der Waals surface area contributed by atoms with Crippen molar-refractivity contribution in [2.45, 2.75) is 50.4 Å². The topological polar surface area (TPSA) is 32.3 Å². The Kier molecular flexibility index (Phi) is 6.78. The minimum Gasteiger partial charge on any atom is -0.343 e. The number of hydrogen-bond donors (Lipinski definition) is 1. The molecule has 0 aromatic heterocycles. The molecule has 2 aromatic carbocycles. The summed E-state index contributed by atoms with van der Waals surface area (Å²) in [6, 6.07) is 12.6. The molecule has 1 heterocycles. The number of nitrogens with zero attached hydrogens (tertiary/aromatic N) is 1. The van der Waals surface area contributed by atoms with Crippen molar-refractivity contribution in [2.24, 2.45) is 0 Å². The smallest absolute Gasteiger partial charge is 0.343 e. The number of carbonyl (C=O) groups excluding carboxylic acids is 1. The van der Waals surface area contributed by atoms with Gasteiger partial charge in [-0.25, -0.2) is 0 Å². The van der Waals surface area contributed by atoms with Gasteiger partial charge in [0.15, 0.2) is 0 Å². The second-order valence-corrected chi connectivity index (χ2v) is 8.45. The first-order valence-electron chi connectivity index (χ1n) is 10.1. The zero-order chi connectivity index (χ0) is 21.9. The van der Waals surface area contributed by atoms with Crippen LogP contribution in [0.15, 0.2) is 48.5 Å². The number of nitrogens with one attached hydrogen (secondary N) is 1. The van der Waals surface area contributed by atoms with Gasteiger partial charge in [0.2, 0.25) is 0 Å². The number of rotatable bonds is 4. The summed E-state index contributed by atoms with van der Waals surface area (Å²) in [5.74, 6) is -0.612. The number of likely N-dealkylation sites (tertiary alicyclic amines) is 1. The molecule has 3 nitrogen and oxygen atoms in total. The van der Waals surface area contributed by atoms with Crippen LogP contribution in [-0.4, -0.2) is 29.9 Å². The molecule has 0 spiro atoms. The number of amides is 1. The molecule has 7 heteroatoms. The first-order valence-corrected chi connectivity index (χ1v) is 10.4. The fourth-order valence-electron chi connectivity index (χ4n) is 4.20. The lowest BCUT2D eigenvalue weighted by Crippen LogP contribution is -2.53. The van der Waals surface area contributed by atoms with Crippen LogP contribution >= 0.6 is 11.6 Å². The quantitative estimate of drug-likeness (QED) is 0.626. The van der Waals surface area contributed by atoms with Crippen LogP contribution in [0.25, 0.3) is 0 Å². The second kappa shape index (κ2) is 8.98. The van der Waals surface area contributed by atoms with Crippen LogP contribution in [0.3, 0.4) is 0 Å². The third kappa shape index (κ3) is 4.65.